The van der Waals surface area contributed by atoms with Crippen LogP contribution in [0.15, 0.2) is 18.2 Å². The Labute approximate surface area is 113 Å². The van der Waals surface area contributed by atoms with Crippen molar-refractivity contribution in [1.29, 1.82) is 5.26 Å². The number of nitrogens with one attached hydrogen (secondary N) is 1. The first-order valence-electron chi connectivity index (χ1n) is 5.48. The Hall–Kier alpha value is -1.45. The summed E-state index contributed by atoms with van der Waals surface area (Å²) in [5.41, 5.74) is 2.37. The van der Waals surface area contributed by atoms with E-state index in [4.69, 9.17) is 17.5 Å². The third-order valence-electron chi connectivity index (χ3n) is 2.91. The van der Waals surface area contributed by atoms with Gasteiger partial charge in [0.2, 0.25) is 0 Å². The summed E-state index contributed by atoms with van der Waals surface area (Å²) >= 11 is 5.26. The van der Waals surface area contributed by atoms with Crippen LogP contribution in [0.3, 0.4) is 0 Å². The molecule has 2 rings (SSSR count). The highest BCUT2D eigenvalue weighted by Gasteiger charge is 2.11. The second-order valence-electron chi connectivity index (χ2n) is 4.19. The third-order valence-corrected chi connectivity index (χ3v) is 4.52. The van der Waals surface area contributed by atoms with Crippen molar-refractivity contribution in [2.24, 2.45) is 0 Å². The van der Waals surface area contributed by atoms with Crippen LogP contribution in [0.4, 0.5) is 0 Å². The molecule has 0 fully saturated rings. The van der Waals surface area contributed by atoms with E-state index in [0.29, 0.717) is 16.9 Å². The fourth-order valence-electron chi connectivity index (χ4n) is 1.77. The minimum atomic E-state index is -0.899. The second-order valence-corrected chi connectivity index (χ2v) is 6.38. The van der Waals surface area contributed by atoms with Crippen molar-refractivity contribution in [1.82, 2.24) is 9.55 Å². The molecule has 1 heterocycles. The summed E-state index contributed by atoms with van der Waals surface area (Å²) in [6.07, 6.45) is 1.68. The zero-order valence-corrected chi connectivity index (χ0v) is 11.8. The lowest BCUT2D eigenvalue weighted by atomic mass is 10.2. The van der Waals surface area contributed by atoms with E-state index in [-0.39, 0.29) is 5.25 Å². The average Bonchev–Trinajstić information content (AvgIpc) is 2.65. The van der Waals surface area contributed by atoms with Gasteiger partial charge in [0.05, 0.1) is 22.7 Å². The summed E-state index contributed by atoms with van der Waals surface area (Å²) in [5, 5.41) is 8.94. The summed E-state index contributed by atoms with van der Waals surface area (Å²) in [6.45, 7) is 2.50. The van der Waals surface area contributed by atoms with Crippen molar-refractivity contribution in [3.05, 3.63) is 28.5 Å². The third kappa shape index (κ3) is 2.37. The first kappa shape index (κ1) is 13.0. The molecule has 0 amide bonds. The highest BCUT2D eigenvalue weighted by Crippen LogP contribution is 2.17. The van der Waals surface area contributed by atoms with Gasteiger partial charge >= 0.3 is 0 Å². The maximum Gasteiger partial charge on any atom is 0.178 e. The van der Waals surface area contributed by atoms with Crippen LogP contribution in [0.25, 0.3) is 11.0 Å². The van der Waals surface area contributed by atoms with Crippen molar-refractivity contribution < 1.29 is 4.21 Å². The maximum absolute atomic E-state index is 11.4. The maximum atomic E-state index is 11.4. The molecule has 94 valence electrons. The zero-order valence-electron chi connectivity index (χ0n) is 10.1. The first-order chi connectivity index (χ1) is 8.52. The second kappa shape index (κ2) is 5.04. The van der Waals surface area contributed by atoms with Gasteiger partial charge in [0.25, 0.3) is 0 Å². The number of rotatable bonds is 3. The molecule has 0 aliphatic rings. The normalized spacial score (nSPS) is 14.3. The van der Waals surface area contributed by atoms with Crippen LogP contribution in [-0.2, 0) is 17.3 Å². The Morgan fingerprint density at radius 1 is 1.61 bits per heavy atom. The molecule has 4 nitrogen and oxygen atoms in total. The molecule has 1 N–H and O–H groups in total. The smallest absolute Gasteiger partial charge is 0.178 e. The van der Waals surface area contributed by atoms with E-state index in [2.05, 4.69) is 11.1 Å². The summed E-state index contributed by atoms with van der Waals surface area (Å²) in [5.74, 6) is 0. The van der Waals surface area contributed by atoms with E-state index >= 15 is 0 Å². The zero-order chi connectivity index (χ0) is 13.3. The van der Waals surface area contributed by atoms with E-state index in [1.165, 1.54) is 0 Å². The highest BCUT2D eigenvalue weighted by molar-refractivity contribution is 7.84. The van der Waals surface area contributed by atoms with E-state index in [0.717, 1.165) is 11.0 Å². The van der Waals surface area contributed by atoms with Gasteiger partial charge in [0, 0.05) is 28.9 Å². The average molecular weight is 279 g/mol. The van der Waals surface area contributed by atoms with Crippen molar-refractivity contribution in [3.63, 3.8) is 0 Å². The number of nitriles is 1. The van der Waals surface area contributed by atoms with Crippen molar-refractivity contribution in [3.8, 4) is 6.07 Å². The van der Waals surface area contributed by atoms with E-state index < -0.39 is 10.8 Å². The Morgan fingerprint density at radius 2 is 2.33 bits per heavy atom. The lowest BCUT2D eigenvalue weighted by molar-refractivity contribution is 0.647. The number of H-pyrrole nitrogens is 1. The monoisotopic (exact) mass is 279 g/mol. The predicted molar refractivity (Wildman–Crippen MR) is 75.4 cm³/mol. The molecule has 1 aromatic carbocycles. The Bertz CT molecular complexity index is 708. The molecule has 0 saturated heterocycles. The first-order valence-corrected chi connectivity index (χ1v) is 7.50. The molecule has 0 spiro atoms. The van der Waals surface area contributed by atoms with E-state index in [9.17, 15) is 4.21 Å². The molecule has 2 atom stereocenters. The van der Waals surface area contributed by atoms with Crippen molar-refractivity contribution in [2.45, 2.75) is 18.7 Å². The fraction of sp³-hybridized carbons (Fsp3) is 0.333. The summed E-state index contributed by atoms with van der Waals surface area (Å²) in [4.78, 5) is 3.09. The SMILES string of the molecule is CC(Cn1c(=S)[nH]c2ccc(C#N)cc21)S(C)=O. The van der Waals surface area contributed by atoms with Gasteiger partial charge in [0.15, 0.2) is 4.77 Å². The van der Waals surface area contributed by atoms with Gasteiger partial charge in [0.1, 0.15) is 0 Å². The summed E-state index contributed by atoms with van der Waals surface area (Å²) in [7, 11) is -0.899. The molecule has 0 saturated carbocycles. The molecule has 0 radical (unpaired) electrons. The van der Waals surface area contributed by atoms with Gasteiger partial charge < -0.3 is 9.55 Å². The molecule has 2 aromatic rings. The van der Waals surface area contributed by atoms with Crippen molar-refractivity contribution in [2.75, 3.05) is 6.26 Å². The lowest BCUT2D eigenvalue weighted by Crippen LogP contribution is -2.17. The van der Waals surface area contributed by atoms with Gasteiger partial charge in [-0.05, 0) is 37.3 Å². The minimum absolute atomic E-state index is 0.0152. The number of nitrogens with zero attached hydrogens (tertiary/aromatic N) is 2. The van der Waals surface area contributed by atoms with Gasteiger partial charge in [-0.1, -0.05) is 0 Å². The van der Waals surface area contributed by atoms with Crippen molar-refractivity contribution >= 4 is 34.1 Å². The van der Waals surface area contributed by atoms with Crippen LogP contribution in [-0.4, -0.2) is 25.3 Å². The quantitative estimate of drug-likeness (QED) is 0.877. The molecule has 2 unspecified atom stereocenters. The number of hydrogen-bond acceptors (Lipinski definition) is 3. The Balaban J connectivity index is 2.56. The standard InChI is InChI=1S/C12H13N3OS2/c1-8(18(2)16)7-15-11-5-9(6-13)3-4-10(11)14-12(15)17/h3-5,8H,7H2,1-2H3,(H,14,17). The Morgan fingerprint density at radius 3 is 2.94 bits per heavy atom. The number of benzene rings is 1. The topological polar surface area (TPSA) is 61.6 Å². The number of fused-ring (bicyclic) bond motifs is 1. The predicted octanol–water partition coefficient (Wildman–Crippen LogP) is 2.34. The molecule has 0 aliphatic heterocycles. The van der Waals surface area contributed by atoms with Crippen LogP contribution in [0.1, 0.15) is 12.5 Å². The van der Waals surface area contributed by atoms with Crippen LogP contribution in [0, 0.1) is 16.1 Å². The number of aromatic nitrogens is 2. The molecule has 18 heavy (non-hydrogen) atoms. The van der Waals surface area contributed by atoms with Crippen LogP contribution >= 0.6 is 12.2 Å². The van der Waals surface area contributed by atoms with Gasteiger partial charge in [-0.15, -0.1) is 0 Å². The molecule has 0 bridgehead atoms. The largest absolute Gasteiger partial charge is 0.331 e. The highest BCUT2D eigenvalue weighted by atomic mass is 32.2. The minimum Gasteiger partial charge on any atom is -0.331 e. The molecular weight excluding hydrogens is 266 g/mol. The lowest BCUT2D eigenvalue weighted by Gasteiger charge is -2.10. The van der Waals surface area contributed by atoms with Crippen LogP contribution in [0.2, 0.25) is 0 Å². The molecular formula is C12H13N3OS2. The van der Waals surface area contributed by atoms with Crippen LogP contribution in [0.5, 0.6) is 0 Å². The Kier molecular flexibility index (Phi) is 3.64. The molecule has 0 aliphatic carbocycles. The summed E-state index contributed by atoms with van der Waals surface area (Å²) < 4.78 is 13.9. The summed E-state index contributed by atoms with van der Waals surface area (Å²) in [6, 6.07) is 7.50. The van der Waals surface area contributed by atoms with Gasteiger partial charge in [-0.25, -0.2) is 0 Å². The van der Waals surface area contributed by atoms with E-state index in [1.54, 1.807) is 18.4 Å². The fourth-order valence-corrected chi connectivity index (χ4v) is 2.41. The van der Waals surface area contributed by atoms with Gasteiger partial charge in [-0.3, -0.25) is 4.21 Å². The number of imidazole rings is 1. The molecule has 1 aromatic heterocycles. The van der Waals surface area contributed by atoms with Crippen LogP contribution < -0.4 is 0 Å². The van der Waals surface area contributed by atoms with E-state index in [1.807, 2.05) is 17.6 Å². The van der Waals surface area contributed by atoms with Gasteiger partial charge in [-0.2, -0.15) is 5.26 Å². The number of aromatic amines is 1. The number of hydrogen-bond donors (Lipinski definition) is 1. The molecule has 6 heteroatoms.